The Labute approximate surface area is 222 Å². The van der Waals surface area contributed by atoms with Crippen LogP contribution in [0.1, 0.15) is 27.3 Å². The molecule has 0 aliphatic rings. The zero-order chi connectivity index (χ0) is 26.7. The van der Waals surface area contributed by atoms with E-state index in [0.717, 1.165) is 33.7 Å². The molecule has 5 aromatic rings. The fraction of sp³-hybridized carbons (Fsp3) is 0.0769. The summed E-state index contributed by atoms with van der Waals surface area (Å²) in [6, 6.07) is 19.4. The highest BCUT2D eigenvalue weighted by molar-refractivity contribution is 7.89. The van der Waals surface area contributed by atoms with Crippen LogP contribution in [-0.4, -0.2) is 39.2 Å². The predicted molar refractivity (Wildman–Crippen MR) is 141 cm³/mol. The second-order valence-corrected chi connectivity index (χ2v) is 10.7. The number of sulfonamides is 1. The van der Waals surface area contributed by atoms with Gasteiger partial charge in [0.25, 0.3) is 0 Å². The average Bonchev–Trinajstić information content (AvgIpc) is 3.56. The summed E-state index contributed by atoms with van der Waals surface area (Å²) in [4.78, 5) is 19.8. The van der Waals surface area contributed by atoms with Crippen LogP contribution in [0.5, 0.6) is 5.75 Å². The maximum absolute atomic E-state index is 11.6. The van der Waals surface area contributed by atoms with Gasteiger partial charge in [-0.1, -0.05) is 30.3 Å². The largest absolute Gasteiger partial charge is 0.487 e. The molecule has 3 N–H and O–H groups in total. The number of benzene rings is 2. The zero-order valence-corrected chi connectivity index (χ0v) is 21.4. The number of nitrogens with zero attached hydrogens (tertiary/aromatic N) is 4. The summed E-state index contributed by atoms with van der Waals surface area (Å²) in [6.45, 7) is 0.305. The van der Waals surface area contributed by atoms with E-state index in [2.05, 4.69) is 9.97 Å². The number of carboxylic acid groups (broad SMARTS) is 1. The molecule has 0 aliphatic heterocycles. The summed E-state index contributed by atoms with van der Waals surface area (Å²) in [5, 5.41) is 21.1. The van der Waals surface area contributed by atoms with Crippen molar-refractivity contribution in [1.29, 1.82) is 0 Å². The first-order valence-corrected chi connectivity index (χ1v) is 13.7. The number of aromatic carboxylic acids is 1. The standard InChI is InChI=1S/C26H21N5O5S2/c27-38(34,35)22-9-7-17(8-10-22)12-19-14-31(26-29-23(16-37-26)25(32)33)30-24(19)18-4-3-6-21(13-18)36-15-20-5-1-2-11-28-20/h1-11,13-14,16H,12,15H2,(H,32,33)(H2,27,34,35). The van der Waals surface area contributed by atoms with E-state index in [9.17, 15) is 18.3 Å². The van der Waals surface area contributed by atoms with Crippen molar-refractivity contribution in [3.05, 3.63) is 107 Å². The smallest absolute Gasteiger partial charge is 0.355 e. The number of pyridine rings is 1. The minimum atomic E-state index is -3.80. The fourth-order valence-corrected chi connectivity index (χ4v) is 4.98. The van der Waals surface area contributed by atoms with Crippen LogP contribution in [0.15, 0.2) is 89.4 Å². The van der Waals surface area contributed by atoms with Gasteiger partial charge in [-0.05, 0) is 42.0 Å². The number of aromatic nitrogens is 4. The second kappa shape index (κ2) is 10.5. The van der Waals surface area contributed by atoms with Crippen molar-refractivity contribution >= 4 is 27.3 Å². The van der Waals surface area contributed by atoms with Crippen molar-refractivity contribution in [2.75, 3.05) is 0 Å². The molecule has 0 aliphatic carbocycles. The number of nitrogens with two attached hydrogens (primary N) is 1. The Kier molecular flexibility index (Phi) is 7.01. The molecule has 5 rings (SSSR count). The van der Waals surface area contributed by atoms with Gasteiger partial charge in [-0.25, -0.2) is 28.0 Å². The Morgan fingerprint density at radius 1 is 1.08 bits per heavy atom. The fourth-order valence-electron chi connectivity index (χ4n) is 3.74. The molecule has 2 aromatic carbocycles. The monoisotopic (exact) mass is 547 g/mol. The minimum absolute atomic E-state index is 0.0268. The van der Waals surface area contributed by atoms with Crippen molar-refractivity contribution in [2.45, 2.75) is 17.9 Å². The van der Waals surface area contributed by atoms with Gasteiger partial charge in [0.05, 0.1) is 16.3 Å². The lowest BCUT2D eigenvalue weighted by Crippen LogP contribution is -2.11. The molecule has 192 valence electrons. The Hall–Kier alpha value is -4.39. The normalized spacial score (nSPS) is 11.4. The van der Waals surface area contributed by atoms with Crippen LogP contribution < -0.4 is 9.88 Å². The summed E-state index contributed by atoms with van der Waals surface area (Å²) in [6.07, 6.45) is 3.92. The van der Waals surface area contributed by atoms with Crippen LogP contribution in [0.3, 0.4) is 0 Å². The van der Waals surface area contributed by atoms with Gasteiger partial charge in [-0.2, -0.15) is 5.10 Å². The van der Waals surface area contributed by atoms with E-state index in [-0.39, 0.29) is 10.6 Å². The number of hydrogen-bond donors (Lipinski definition) is 2. The first-order chi connectivity index (χ1) is 18.3. The van der Waals surface area contributed by atoms with Crippen molar-refractivity contribution < 1.29 is 23.1 Å². The van der Waals surface area contributed by atoms with Crippen molar-refractivity contribution in [2.24, 2.45) is 5.14 Å². The summed E-state index contributed by atoms with van der Waals surface area (Å²) < 4.78 is 30.7. The number of carbonyl (C=O) groups is 1. The molecule has 0 radical (unpaired) electrons. The van der Waals surface area contributed by atoms with Gasteiger partial charge < -0.3 is 9.84 Å². The molecule has 0 bridgehead atoms. The lowest BCUT2D eigenvalue weighted by atomic mass is 10.0. The third-order valence-corrected chi connectivity index (χ3v) is 7.32. The highest BCUT2D eigenvalue weighted by Crippen LogP contribution is 2.29. The third kappa shape index (κ3) is 5.78. The van der Waals surface area contributed by atoms with E-state index in [1.54, 1.807) is 29.2 Å². The summed E-state index contributed by atoms with van der Waals surface area (Å²) in [5.74, 6) is -0.485. The van der Waals surface area contributed by atoms with Gasteiger partial charge in [0.2, 0.25) is 15.2 Å². The molecular weight excluding hydrogens is 526 g/mol. The quantitative estimate of drug-likeness (QED) is 0.282. The molecular formula is C26H21N5O5S2. The zero-order valence-electron chi connectivity index (χ0n) is 19.8. The SMILES string of the molecule is NS(=O)(=O)c1ccc(Cc2cn(-c3nc(C(=O)O)cs3)nc2-c2cccc(OCc3ccccn3)c2)cc1. The lowest BCUT2D eigenvalue weighted by Gasteiger charge is -2.08. The number of thiazole rings is 1. The van der Waals surface area contributed by atoms with Crippen LogP contribution in [-0.2, 0) is 23.1 Å². The molecule has 0 fully saturated rings. The molecule has 0 amide bonds. The van der Waals surface area contributed by atoms with Crippen molar-refractivity contribution in [3.8, 4) is 22.1 Å². The van der Waals surface area contributed by atoms with Crippen LogP contribution in [0.4, 0.5) is 0 Å². The van der Waals surface area contributed by atoms with Crippen LogP contribution in [0.2, 0.25) is 0 Å². The number of primary sulfonamides is 1. The third-order valence-electron chi connectivity index (χ3n) is 5.56. The minimum Gasteiger partial charge on any atom is -0.487 e. The Balaban J connectivity index is 1.49. The van der Waals surface area contributed by atoms with Gasteiger partial charge >= 0.3 is 5.97 Å². The maximum Gasteiger partial charge on any atom is 0.355 e. The number of ether oxygens (including phenoxy) is 1. The van der Waals surface area contributed by atoms with Crippen molar-refractivity contribution in [1.82, 2.24) is 19.7 Å². The highest BCUT2D eigenvalue weighted by atomic mass is 32.2. The molecule has 3 aromatic heterocycles. The molecule has 0 saturated carbocycles. The van der Waals surface area contributed by atoms with Gasteiger partial charge in [0.15, 0.2) is 5.69 Å². The molecule has 0 atom stereocenters. The maximum atomic E-state index is 11.6. The average molecular weight is 548 g/mol. The van der Waals surface area contributed by atoms with Crippen LogP contribution in [0.25, 0.3) is 16.4 Å². The van der Waals surface area contributed by atoms with E-state index in [4.69, 9.17) is 15.0 Å². The van der Waals surface area contributed by atoms with E-state index < -0.39 is 16.0 Å². The van der Waals surface area contributed by atoms with Gasteiger partial charge in [0, 0.05) is 35.3 Å². The molecule has 12 heteroatoms. The predicted octanol–water partition coefficient (Wildman–Crippen LogP) is 3.91. The van der Waals surface area contributed by atoms with Gasteiger partial charge in [-0.3, -0.25) is 4.98 Å². The summed E-state index contributed by atoms with van der Waals surface area (Å²) in [5.41, 5.74) is 3.83. The molecule has 10 nitrogen and oxygen atoms in total. The van der Waals surface area contributed by atoms with Gasteiger partial charge in [-0.15, -0.1) is 11.3 Å². The van der Waals surface area contributed by atoms with E-state index in [0.29, 0.717) is 29.6 Å². The Bertz CT molecular complexity index is 1700. The number of rotatable bonds is 9. The summed E-state index contributed by atoms with van der Waals surface area (Å²) in [7, 11) is -3.80. The molecule has 3 heterocycles. The molecule has 0 saturated heterocycles. The lowest BCUT2D eigenvalue weighted by molar-refractivity contribution is 0.0691. The van der Waals surface area contributed by atoms with Gasteiger partial charge in [0.1, 0.15) is 12.4 Å². The first-order valence-electron chi connectivity index (χ1n) is 11.3. The van der Waals surface area contributed by atoms with E-state index >= 15 is 0 Å². The topological polar surface area (TPSA) is 150 Å². The Morgan fingerprint density at radius 2 is 1.89 bits per heavy atom. The van der Waals surface area contributed by atoms with Crippen molar-refractivity contribution in [3.63, 3.8) is 0 Å². The molecule has 0 unspecified atom stereocenters. The van der Waals surface area contributed by atoms with Crippen LogP contribution in [0, 0.1) is 0 Å². The molecule has 0 spiro atoms. The Morgan fingerprint density at radius 3 is 2.58 bits per heavy atom. The number of carboxylic acids is 1. The first kappa shape index (κ1) is 25.3. The number of hydrogen-bond acceptors (Lipinski definition) is 8. The highest BCUT2D eigenvalue weighted by Gasteiger charge is 2.17. The second-order valence-electron chi connectivity index (χ2n) is 8.27. The van der Waals surface area contributed by atoms with Crippen LogP contribution >= 0.6 is 11.3 Å². The van der Waals surface area contributed by atoms with E-state index in [1.165, 1.54) is 17.5 Å². The molecule has 38 heavy (non-hydrogen) atoms. The van der Waals surface area contributed by atoms with E-state index in [1.807, 2.05) is 42.5 Å². The summed E-state index contributed by atoms with van der Waals surface area (Å²) >= 11 is 1.16.